The van der Waals surface area contributed by atoms with Gasteiger partial charge in [0.1, 0.15) is 11.4 Å². The minimum atomic E-state index is -0.958. The Bertz CT molecular complexity index is 560. The van der Waals surface area contributed by atoms with E-state index in [0.717, 1.165) is 19.3 Å². The maximum atomic E-state index is 10.4. The van der Waals surface area contributed by atoms with Crippen LogP contribution in [-0.2, 0) is 18.4 Å². The summed E-state index contributed by atoms with van der Waals surface area (Å²) in [6, 6.07) is 12.7. The van der Waals surface area contributed by atoms with Crippen LogP contribution in [0, 0.1) is 0 Å². The van der Waals surface area contributed by atoms with Crippen molar-refractivity contribution < 1.29 is 9.52 Å². The zero-order chi connectivity index (χ0) is 14.0. The van der Waals surface area contributed by atoms with Gasteiger partial charge in [0.25, 0.3) is 0 Å². The minimum Gasteiger partial charge on any atom is -0.466 e. The molecule has 0 amide bonds. The molecular formula is C17H21NO2. The number of hydrogen-bond donors (Lipinski definition) is 2. The van der Waals surface area contributed by atoms with Gasteiger partial charge in [0, 0.05) is 12.6 Å². The van der Waals surface area contributed by atoms with E-state index in [1.165, 1.54) is 11.1 Å². The number of aliphatic hydroxyl groups is 1. The molecule has 2 aromatic rings. The third-order valence-electron chi connectivity index (χ3n) is 4.13. The van der Waals surface area contributed by atoms with E-state index in [4.69, 9.17) is 4.42 Å². The molecule has 0 bridgehead atoms. The second kappa shape index (κ2) is 5.43. The van der Waals surface area contributed by atoms with Crippen LogP contribution in [0.5, 0.6) is 0 Å². The van der Waals surface area contributed by atoms with E-state index in [0.29, 0.717) is 18.3 Å². The number of hydrogen-bond acceptors (Lipinski definition) is 3. The van der Waals surface area contributed by atoms with Gasteiger partial charge in [-0.25, -0.2) is 0 Å². The largest absolute Gasteiger partial charge is 0.466 e. The molecule has 0 aliphatic heterocycles. The van der Waals surface area contributed by atoms with Crippen LogP contribution in [-0.4, -0.2) is 17.7 Å². The molecule has 0 spiro atoms. The maximum absolute atomic E-state index is 10.4. The van der Waals surface area contributed by atoms with E-state index >= 15 is 0 Å². The fourth-order valence-electron chi connectivity index (χ4n) is 2.89. The van der Waals surface area contributed by atoms with Crippen LogP contribution in [0.1, 0.15) is 30.2 Å². The highest BCUT2D eigenvalue weighted by molar-refractivity contribution is 5.30. The van der Waals surface area contributed by atoms with Crippen LogP contribution in [0.2, 0.25) is 0 Å². The van der Waals surface area contributed by atoms with Crippen LogP contribution < -0.4 is 5.32 Å². The van der Waals surface area contributed by atoms with Gasteiger partial charge >= 0.3 is 0 Å². The van der Waals surface area contributed by atoms with E-state index in [-0.39, 0.29) is 0 Å². The highest BCUT2D eigenvalue weighted by Gasteiger charge is 2.28. The van der Waals surface area contributed by atoms with E-state index < -0.39 is 5.60 Å². The van der Waals surface area contributed by atoms with Gasteiger partial charge in [0.2, 0.25) is 0 Å². The van der Waals surface area contributed by atoms with Crippen molar-refractivity contribution >= 4 is 0 Å². The Hall–Kier alpha value is -1.58. The molecular weight excluding hydrogens is 250 g/mol. The second-order valence-electron chi connectivity index (χ2n) is 5.84. The van der Waals surface area contributed by atoms with E-state index in [1.54, 1.807) is 19.3 Å². The van der Waals surface area contributed by atoms with Crippen LogP contribution in [0.3, 0.4) is 0 Å². The summed E-state index contributed by atoms with van der Waals surface area (Å²) in [4.78, 5) is 0. The van der Waals surface area contributed by atoms with E-state index in [2.05, 4.69) is 29.6 Å². The standard InChI is InChI=1S/C17H21NO2/c1-17(19,16-7-4-10-20-16)12-18-15-9-8-13-5-2-3-6-14(13)11-15/h2-7,10,15,18-19H,8-9,11-12H2,1H3/t15-,17+/m1/s1. The molecule has 20 heavy (non-hydrogen) atoms. The minimum absolute atomic E-state index is 0.423. The van der Waals surface area contributed by atoms with Gasteiger partial charge in [0.05, 0.1) is 6.26 Å². The van der Waals surface area contributed by atoms with E-state index in [1.807, 2.05) is 6.07 Å². The third kappa shape index (κ3) is 2.79. The predicted molar refractivity (Wildman–Crippen MR) is 78.5 cm³/mol. The molecule has 3 nitrogen and oxygen atoms in total. The number of aryl methyl sites for hydroxylation is 1. The average Bonchev–Trinajstić information content (AvgIpc) is 3.00. The molecule has 0 radical (unpaired) electrons. The van der Waals surface area contributed by atoms with Crippen molar-refractivity contribution in [3.05, 3.63) is 59.5 Å². The molecule has 0 saturated heterocycles. The van der Waals surface area contributed by atoms with Crippen LogP contribution in [0.15, 0.2) is 47.1 Å². The number of fused-ring (bicyclic) bond motifs is 1. The van der Waals surface area contributed by atoms with Crippen molar-refractivity contribution in [3.8, 4) is 0 Å². The third-order valence-corrected chi connectivity index (χ3v) is 4.13. The molecule has 106 valence electrons. The summed E-state index contributed by atoms with van der Waals surface area (Å²) in [5.74, 6) is 0.612. The highest BCUT2D eigenvalue weighted by Crippen LogP contribution is 2.23. The summed E-state index contributed by atoms with van der Waals surface area (Å²) in [6.07, 6.45) is 4.85. The molecule has 2 atom stereocenters. The summed E-state index contributed by atoms with van der Waals surface area (Å²) >= 11 is 0. The molecule has 2 N–H and O–H groups in total. The summed E-state index contributed by atoms with van der Waals surface area (Å²) in [7, 11) is 0. The van der Waals surface area contributed by atoms with Crippen molar-refractivity contribution in [1.82, 2.24) is 5.32 Å². The predicted octanol–water partition coefficient (Wildman–Crippen LogP) is 2.63. The summed E-state index contributed by atoms with van der Waals surface area (Å²) in [5.41, 5.74) is 1.93. The molecule has 3 heteroatoms. The zero-order valence-corrected chi connectivity index (χ0v) is 11.8. The number of benzene rings is 1. The molecule has 3 rings (SSSR count). The van der Waals surface area contributed by atoms with Gasteiger partial charge < -0.3 is 14.8 Å². The molecule has 1 aliphatic carbocycles. The highest BCUT2D eigenvalue weighted by atomic mass is 16.4. The number of nitrogens with one attached hydrogen (secondary N) is 1. The fourth-order valence-corrected chi connectivity index (χ4v) is 2.89. The van der Waals surface area contributed by atoms with Crippen molar-refractivity contribution in [2.45, 2.75) is 37.8 Å². The van der Waals surface area contributed by atoms with Crippen molar-refractivity contribution in [1.29, 1.82) is 0 Å². The average molecular weight is 271 g/mol. The Balaban J connectivity index is 1.60. The van der Waals surface area contributed by atoms with Gasteiger partial charge in [0.15, 0.2) is 0 Å². The lowest BCUT2D eigenvalue weighted by Gasteiger charge is -2.29. The van der Waals surface area contributed by atoms with Gasteiger partial charge in [-0.2, -0.15) is 0 Å². The lowest BCUT2D eigenvalue weighted by molar-refractivity contribution is 0.0311. The van der Waals surface area contributed by atoms with Gasteiger partial charge in [-0.1, -0.05) is 24.3 Å². The first-order valence-electron chi connectivity index (χ1n) is 7.22. The number of furan rings is 1. The van der Waals surface area contributed by atoms with Crippen LogP contribution >= 0.6 is 0 Å². The molecule has 0 saturated carbocycles. The van der Waals surface area contributed by atoms with Gasteiger partial charge in [-0.15, -0.1) is 0 Å². The zero-order valence-electron chi connectivity index (χ0n) is 11.8. The fraction of sp³-hybridized carbons (Fsp3) is 0.412. The molecule has 1 aliphatic rings. The van der Waals surface area contributed by atoms with Crippen LogP contribution in [0.4, 0.5) is 0 Å². The van der Waals surface area contributed by atoms with Gasteiger partial charge in [-0.3, -0.25) is 0 Å². The first-order chi connectivity index (χ1) is 9.65. The molecule has 0 fully saturated rings. The quantitative estimate of drug-likeness (QED) is 0.898. The molecule has 1 aromatic heterocycles. The monoisotopic (exact) mass is 271 g/mol. The van der Waals surface area contributed by atoms with Crippen LogP contribution in [0.25, 0.3) is 0 Å². The SMILES string of the molecule is C[C@](O)(CN[C@@H]1CCc2ccccc2C1)c1ccco1. The molecule has 1 aromatic carbocycles. The topological polar surface area (TPSA) is 45.4 Å². The first kappa shape index (κ1) is 13.4. The first-order valence-corrected chi connectivity index (χ1v) is 7.22. The molecule has 0 unspecified atom stereocenters. The Morgan fingerprint density at radius 1 is 1.25 bits per heavy atom. The summed E-state index contributed by atoms with van der Waals surface area (Å²) < 4.78 is 5.30. The summed E-state index contributed by atoms with van der Waals surface area (Å²) in [6.45, 7) is 2.29. The van der Waals surface area contributed by atoms with Crippen molar-refractivity contribution in [3.63, 3.8) is 0 Å². The Kier molecular flexibility index (Phi) is 3.64. The normalized spacial score (nSPS) is 21.2. The molecule has 1 heterocycles. The van der Waals surface area contributed by atoms with Crippen molar-refractivity contribution in [2.75, 3.05) is 6.54 Å². The Morgan fingerprint density at radius 2 is 2.05 bits per heavy atom. The second-order valence-corrected chi connectivity index (χ2v) is 5.84. The number of rotatable bonds is 4. The smallest absolute Gasteiger partial charge is 0.136 e. The Labute approximate surface area is 119 Å². The summed E-state index contributed by atoms with van der Waals surface area (Å²) in [5, 5.41) is 13.9. The lowest BCUT2D eigenvalue weighted by Crippen LogP contribution is -2.43. The maximum Gasteiger partial charge on any atom is 0.136 e. The lowest BCUT2D eigenvalue weighted by atomic mass is 9.88. The van der Waals surface area contributed by atoms with E-state index in [9.17, 15) is 5.11 Å². The van der Waals surface area contributed by atoms with Crippen molar-refractivity contribution in [2.24, 2.45) is 0 Å². The van der Waals surface area contributed by atoms with Gasteiger partial charge in [-0.05, 0) is 49.4 Å². The Morgan fingerprint density at radius 3 is 2.80 bits per heavy atom.